The lowest BCUT2D eigenvalue weighted by molar-refractivity contribution is 0.173. The van der Waals surface area contributed by atoms with E-state index in [9.17, 15) is 0 Å². The van der Waals surface area contributed by atoms with E-state index in [2.05, 4.69) is 34.9 Å². The molecule has 6 rings (SSSR count). The average molecular weight is 449 g/mol. The Bertz CT molecular complexity index is 1160. The van der Waals surface area contributed by atoms with Crippen LogP contribution in [0.25, 0.3) is 6.08 Å². The molecule has 32 heavy (non-hydrogen) atoms. The molecule has 1 atom stereocenters. The second kappa shape index (κ2) is 8.06. The summed E-state index contributed by atoms with van der Waals surface area (Å²) in [6.07, 6.45) is 7.77. The molecular weight excluding hydrogens is 424 g/mol. The Hall–Kier alpha value is -3.19. The monoisotopic (exact) mass is 448 g/mol. The SMILES string of the molecule is S=C1NC2=C(CCCCCC2=Cc2ccc3c(c2)OCO3)C(c2ccc3c(c2)OCO3)N1. The van der Waals surface area contributed by atoms with Gasteiger partial charge >= 0.3 is 0 Å². The van der Waals surface area contributed by atoms with Gasteiger partial charge in [-0.05, 0) is 90.5 Å². The van der Waals surface area contributed by atoms with Crippen molar-refractivity contribution in [3.8, 4) is 23.0 Å². The van der Waals surface area contributed by atoms with Gasteiger partial charge in [-0.1, -0.05) is 18.6 Å². The topological polar surface area (TPSA) is 61.0 Å². The van der Waals surface area contributed by atoms with E-state index in [1.54, 1.807) is 0 Å². The molecule has 3 aliphatic heterocycles. The fraction of sp³-hybridized carbons (Fsp3) is 0.320. The van der Waals surface area contributed by atoms with Crippen LogP contribution in [0, 0.1) is 0 Å². The van der Waals surface area contributed by atoms with Crippen LogP contribution in [0.5, 0.6) is 23.0 Å². The van der Waals surface area contributed by atoms with Crippen molar-refractivity contribution in [2.24, 2.45) is 0 Å². The maximum Gasteiger partial charge on any atom is 0.231 e. The van der Waals surface area contributed by atoms with E-state index in [1.165, 1.54) is 17.6 Å². The van der Waals surface area contributed by atoms with Crippen LogP contribution >= 0.6 is 12.2 Å². The summed E-state index contributed by atoms with van der Waals surface area (Å²) in [5, 5.41) is 7.61. The molecule has 7 heteroatoms. The summed E-state index contributed by atoms with van der Waals surface area (Å²) in [5.41, 5.74) is 5.99. The molecule has 6 nitrogen and oxygen atoms in total. The van der Waals surface area contributed by atoms with Crippen molar-refractivity contribution in [1.29, 1.82) is 0 Å². The van der Waals surface area contributed by atoms with Crippen LogP contribution in [0.2, 0.25) is 0 Å². The largest absolute Gasteiger partial charge is 0.454 e. The molecule has 0 spiro atoms. The summed E-state index contributed by atoms with van der Waals surface area (Å²) in [4.78, 5) is 0. The third-order valence-electron chi connectivity index (χ3n) is 6.36. The van der Waals surface area contributed by atoms with Crippen LogP contribution in [0.3, 0.4) is 0 Å². The number of hydrogen-bond donors (Lipinski definition) is 2. The molecule has 3 heterocycles. The molecule has 0 radical (unpaired) electrons. The van der Waals surface area contributed by atoms with E-state index >= 15 is 0 Å². The standard InChI is InChI=1S/C25H24N2O4S/c32-25-26-23-16(10-15-6-8-19-21(11-15)30-13-28-19)4-2-1-3-5-18(23)24(27-25)17-7-9-20-22(12-17)31-14-29-20/h6-12,24H,1-5,13-14H2,(H2,26,27,32). The number of allylic oxidation sites excluding steroid dienone is 1. The fourth-order valence-corrected chi connectivity index (χ4v) is 5.03. The molecule has 0 bridgehead atoms. The minimum absolute atomic E-state index is 0.00602. The van der Waals surface area contributed by atoms with Gasteiger partial charge in [-0.15, -0.1) is 0 Å². The van der Waals surface area contributed by atoms with E-state index < -0.39 is 0 Å². The zero-order chi connectivity index (χ0) is 21.5. The van der Waals surface area contributed by atoms with Gasteiger partial charge < -0.3 is 29.6 Å². The van der Waals surface area contributed by atoms with Crippen LogP contribution < -0.4 is 29.6 Å². The Kier molecular flexibility index (Phi) is 4.91. The normalized spacial score (nSPS) is 22.7. The summed E-state index contributed by atoms with van der Waals surface area (Å²) in [6.45, 7) is 0.552. The number of nitrogens with one attached hydrogen (secondary N) is 2. The fourth-order valence-electron chi connectivity index (χ4n) is 4.81. The average Bonchev–Trinajstić information content (AvgIpc) is 3.45. The minimum atomic E-state index is 0.00602. The second-order valence-corrected chi connectivity index (χ2v) is 8.80. The van der Waals surface area contributed by atoms with Gasteiger partial charge in [-0.2, -0.15) is 0 Å². The van der Waals surface area contributed by atoms with E-state index in [4.69, 9.17) is 31.2 Å². The molecule has 0 amide bonds. The van der Waals surface area contributed by atoms with Crippen molar-refractivity contribution in [1.82, 2.24) is 10.6 Å². The predicted molar refractivity (Wildman–Crippen MR) is 125 cm³/mol. The van der Waals surface area contributed by atoms with Crippen LogP contribution in [0.15, 0.2) is 53.2 Å². The molecule has 1 aliphatic carbocycles. The molecule has 0 aromatic heterocycles. The second-order valence-electron chi connectivity index (χ2n) is 8.39. The van der Waals surface area contributed by atoms with Gasteiger partial charge in [-0.3, -0.25) is 0 Å². The molecule has 2 aromatic carbocycles. The van der Waals surface area contributed by atoms with Crippen LogP contribution in [0.1, 0.15) is 49.3 Å². The Morgan fingerprint density at radius 2 is 1.53 bits per heavy atom. The number of rotatable bonds is 2. The highest BCUT2D eigenvalue weighted by Gasteiger charge is 2.30. The Morgan fingerprint density at radius 3 is 2.38 bits per heavy atom. The zero-order valence-electron chi connectivity index (χ0n) is 17.6. The third-order valence-corrected chi connectivity index (χ3v) is 6.58. The van der Waals surface area contributed by atoms with Crippen molar-refractivity contribution < 1.29 is 18.9 Å². The van der Waals surface area contributed by atoms with Crippen molar-refractivity contribution in [2.45, 2.75) is 38.1 Å². The molecule has 4 aliphatic rings. The molecule has 1 unspecified atom stereocenters. The molecule has 2 aromatic rings. The number of benzene rings is 2. The third kappa shape index (κ3) is 3.56. The number of thiocarbonyl (C=S) groups is 1. The van der Waals surface area contributed by atoms with Crippen LogP contribution in [-0.2, 0) is 0 Å². The number of ether oxygens (including phenoxy) is 4. The zero-order valence-corrected chi connectivity index (χ0v) is 18.4. The van der Waals surface area contributed by atoms with Gasteiger partial charge in [0.25, 0.3) is 0 Å². The van der Waals surface area contributed by atoms with Gasteiger partial charge in [0.2, 0.25) is 13.6 Å². The van der Waals surface area contributed by atoms with Gasteiger partial charge in [-0.25, -0.2) is 0 Å². The molecule has 0 saturated heterocycles. The molecule has 0 saturated carbocycles. The Morgan fingerprint density at radius 1 is 0.812 bits per heavy atom. The smallest absolute Gasteiger partial charge is 0.231 e. The lowest BCUT2D eigenvalue weighted by atomic mass is 9.85. The maximum absolute atomic E-state index is 5.63. The summed E-state index contributed by atoms with van der Waals surface area (Å²) in [5.74, 6) is 3.18. The van der Waals surface area contributed by atoms with Crippen LogP contribution in [0.4, 0.5) is 0 Å². The van der Waals surface area contributed by atoms with Gasteiger partial charge in [0.1, 0.15) is 0 Å². The van der Waals surface area contributed by atoms with Gasteiger partial charge in [0.15, 0.2) is 28.1 Å². The molecule has 0 fully saturated rings. The van der Waals surface area contributed by atoms with Crippen molar-refractivity contribution in [3.63, 3.8) is 0 Å². The minimum Gasteiger partial charge on any atom is -0.454 e. The highest BCUT2D eigenvalue weighted by atomic mass is 32.1. The van der Waals surface area contributed by atoms with Crippen LogP contribution in [-0.4, -0.2) is 18.7 Å². The van der Waals surface area contributed by atoms with E-state index in [1.807, 2.05) is 18.2 Å². The van der Waals surface area contributed by atoms with Crippen molar-refractivity contribution in [2.75, 3.05) is 13.6 Å². The number of hydrogen-bond acceptors (Lipinski definition) is 5. The first-order chi connectivity index (χ1) is 15.7. The maximum atomic E-state index is 5.63. The Labute approximate surface area is 192 Å². The van der Waals surface area contributed by atoms with Gasteiger partial charge in [0, 0.05) is 5.70 Å². The van der Waals surface area contributed by atoms with Crippen molar-refractivity contribution >= 4 is 23.4 Å². The first-order valence-corrected chi connectivity index (χ1v) is 11.5. The molecule has 164 valence electrons. The predicted octanol–water partition coefficient (Wildman–Crippen LogP) is 4.96. The molecule has 2 N–H and O–H groups in total. The Balaban J connectivity index is 1.42. The summed E-state index contributed by atoms with van der Waals surface area (Å²) >= 11 is 5.63. The van der Waals surface area contributed by atoms with Gasteiger partial charge in [0.05, 0.1) is 6.04 Å². The summed E-state index contributed by atoms with van der Waals surface area (Å²) in [6, 6.07) is 12.3. The highest BCUT2D eigenvalue weighted by Crippen LogP contribution is 2.41. The van der Waals surface area contributed by atoms with E-state index in [-0.39, 0.29) is 19.6 Å². The van der Waals surface area contributed by atoms with Crippen molar-refractivity contribution in [3.05, 3.63) is 64.4 Å². The quantitative estimate of drug-likeness (QED) is 0.630. The lowest BCUT2D eigenvalue weighted by Gasteiger charge is -2.34. The summed E-state index contributed by atoms with van der Waals surface area (Å²) in [7, 11) is 0. The molecular formula is C25H24N2O4S. The number of fused-ring (bicyclic) bond motifs is 2. The summed E-state index contributed by atoms with van der Waals surface area (Å²) < 4.78 is 22.2. The highest BCUT2D eigenvalue weighted by molar-refractivity contribution is 7.80. The van der Waals surface area contributed by atoms with E-state index in [0.29, 0.717) is 5.11 Å². The first-order valence-electron chi connectivity index (χ1n) is 11.1. The first kappa shape index (κ1) is 19.5. The van der Waals surface area contributed by atoms with E-state index in [0.717, 1.165) is 65.5 Å². The lowest BCUT2D eigenvalue weighted by Crippen LogP contribution is -2.44.